The van der Waals surface area contributed by atoms with Gasteiger partial charge in [0.05, 0.1) is 0 Å². The summed E-state index contributed by atoms with van der Waals surface area (Å²) in [6.45, 7) is 1.16. The van der Waals surface area contributed by atoms with Gasteiger partial charge in [-0.1, -0.05) is 31.0 Å². The lowest BCUT2D eigenvalue weighted by atomic mass is 10.0. The van der Waals surface area contributed by atoms with Gasteiger partial charge < -0.3 is 11.1 Å². The van der Waals surface area contributed by atoms with Crippen LogP contribution in [0.1, 0.15) is 31.2 Å². The largest absolute Gasteiger partial charge is 0.399 e. The number of nitrogens with two attached hydrogens (primary N) is 1. The van der Waals surface area contributed by atoms with Gasteiger partial charge >= 0.3 is 0 Å². The Morgan fingerprint density at radius 3 is 2.93 bits per heavy atom. The smallest absolute Gasteiger partial charge is 0.0347 e. The molecule has 3 N–H and O–H groups in total. The lowest BCUT2D eigenvalue weighted by Gasteiger charge is -2.16. The number of nitrogens with one attached hydrogen (secondary N) is 1. The topological polar surface area (TPSA) is 38.0 Å². The van der Waals surface area contributed by atoms with E-state index in [0.717, 1.165) is 18.7 Å². The standard InChI is InChI=1S/C13H20N2/c14-13-8-4-3-6-11(13)10-12-7-2-1-5-9-15-12/h3-4,6,8,12,15H,1-2,5,7,9-10,14H2. The highest BCUT2D eigenvalue weighted by molar-refractivity contribution is 5.46. The molecule has 1 saturated heterocycles. The highest BCUT2D eigenvalue weighted by atomic mass is 14.9. The second kappa shape index (κ2) is 5.17. The second-order valence-electron chi connectivity index (χ2n) is 4.40. The molecule has 1 aromatic carbocycles. The minimum atomic E-state index is 0.622. The maximum atomic E-state index is 5.95. The van der Waals surface area contributed by atoms with Crippen molar-refractivity contribution in [1.82, 2.24) is 5.32 Å². The summed E-state index contributed by atoms with van der Waals surface area (Å²) in [4.78, 5) is 0. The third-order valence-corrected chi connectivity index (χ3v) is 3.18. The van der Waals surface area contributed by atoms with Crippen molar-refractivity contribution in [3.05, 3.63) is 29.8 Å². The van der Waals surface area contributed by atoms with Gasteiger partial charge in [0.2, 0.25) is 0 Å². The molecule has 1 heterocycles. The third-order valence-electron chi connectivity index (χ3n) is 3.18. The Kier molecular flexibility index (Phi) is 3.62. The number of rotatable bonds is 2. The summed E-state index contributed by atoms with van der Waals surface area (Å²) in [6, 6.07) is 8.83. The molecule has 82 valence electrons. The highest BCUT2D eigenvalue weighted by Crippen LogP contribution is 2.17. The fourth-order valence-corrected chi connectivity index (χ4v) is 2.26. The number of hydrogen-bond donors (Lipinski definition) is 2. The number of nitrogen functional groups attached to an aromatic ring is 1. The van der Waals surface area contributed by atoms with E-state index in [9.17, 15) is 0 Å². The molecule has 1 aromatic rings. The molecule has 2 rings (SSSR count). The number of hydrogen-bond acceptors (Lipinski definition) is 2. The monoisotopic (exact) mass is 204 g/mol. The van der Waals surface area contributed by atoms with Crippen molar-refractivity contribution in [3.8, 4) is 0 Å². The fraction of sp³-hybridized carbons (Fsp3) is 0.538. The Hall–Kier alpha value is -1.02. The summed E-state index contributed by atoms with van der Waals surface area (Å²) >= 11 is 0. The molecule has 0 amide bonds. The summed E-state index contributed by atoms with van der Waals surface area (Å²) in [5, 5.41) is 3.60. The molecule has 0 radical (unpaired) electrons. The maximum absolute atomic E-state index is 5.95. The first-order valence-electron chi connectivity index (χ1n) is 5.93. The van der Waals surface area contributed by atoms with Crippen LogP contribution in [0.15, 0.2) is 24.3 Å². The van der Waals surface area contributed by atoms with E-state index in [-0.39, 0.29) is 0 Å². The number of anilines is 1. The molecule has 2 heteroatoms. The average molecular weight is 204 g/mol. The lowest BCUT2D eigenvalue weighted by molar-refractivity contribution is 0.508. The van der Waals surface area contributed by atoms with Crippen LogP contribution in [-0.2, 0) is 6.42 Å². The zero-order chi connectivity index (χ0) is 10.5. The van der Waals surface area contributed by atoms with E-state index in [1.165, 1.54) is 31.2 Å². The van der Waals surface area contributed by atoms with Crippen LogP contribution >= 0.6 is 0 Å². The normalized spacial score (nSPS) is 22.3. The minimum Gasteiger partial charge on any atom is -0.399 e. The van der Waals surface area contributed by atoms with Gasteiger partial charge in [0.1, 0.15) is 0 Å². The molecule has 15 heavy (non-hydrogen) atoms. The van der Waals surface area contributed by atoms with Gasteiger partial charge in [-0.25, -0.2) is 0 Å². The van der Waals surface area contributed by atoms with E-state index in [1.54, 1.807) is 0 Å². The highest BCUT2D eigenvalue weighted by Gasteiger charge is 2.12. The van der Waals surface area contributed by atoms with E-state index in [1.807, 2.05) is 12.1 Å². The van der Waals surface area contributed by atoms with Crippen LogP contribution in [0.25, 0.3) is 0 Å². The maximum Gasteiger partial charge on any atom is 0.0347 e. The molecule has 0 bridgehead atoms. The van der Waals surface area contributed by atoms with Gasteiger partial charge in [-0.3, -0.25) is 0 Å². The fourth-order valence-electron chi connectivity index (χ4n) is 2.26. The van der Waals surface area contributed by atoms with E-state index in [4.69, 9.17) is 5.73 Å². The van der Waals surface area contributed by atoms with Crippen LogP contribution in [0.3, 0.4) is 0 Å². The molecule has 1 fully saturated rings. The lowest BCUT2D eigenvalue weighted by Crippen LogP contribution is -2.30. The molecule has 0 aromatic heterocycles. The van der Waals surface area contributed by atoms with Crippen molar-refractivity contribution in [2.75, 3.05) is 12.3 Å². The summed E-state index contributed by atoms with van der Waals surface area (Å²) in [7, 11) is 0. The molecule has 2 nitrogen and oxygen atoms in total. The van der Waals surface area contributed by atoms with Crippen molar-refractivity contribution in [1.29, 1.82) is 0 Å². The first kappa shape index (κ1) is 10.5. The summed E-state index contributed by atoms with van der Waals surface area (Å²) in [5.74, 6) is 0. The van der Waals surface area contributed by atoms with Crippen molar-refractivity contribution in [3.63, 3.8) is 0 Å². The Morgan fingerprint density at radius 2 is 2.07 bits per heavy atom. The van der Waals surface area contributed by atoms with Crippen LogP contribution in [0, 0.1) is 0 Å². The van der Waals surface area contributed by atoms with Crippen molar-refractivity contribution < 1.29 is 0 Å². The summed E-state index contributed by atoms with van der Waals surface area (Å²) < 4.78 is 0. The predicted octanol–water partition coefficient (Wildman–Crippen LogP) is 2.34. The predicted molar refractivity (Wildman–Crippen MR) is 64.8 cm³/mol. The first-order valence-corrected chi connectivity index (χ1v) is 5.93. The zero-order valence-corrected chi connectivity index (χ0v) is 9.21. The molecule has 1 aliphatic heterocycles. The van der Waals surface area contributed by atoms with Gasteiger partial charge in [-0.15, -0.1) is 0 Å². The molecule has 1 unspecified atom stereocenters. The molecule has 0 spiro atoms. The minimum absolute atomic E-state index is 0.622. The van der Waals surface area contributed by atoms with E-state index >= 15 is 0 Å². The molecule has 1 atom stereocenters. The van der Waals surface area contributed by atoms with Crippen LogP contribution in [0.5, 0.6) is 0 Å². The number of para-hydroxylation sites is 1. The second-order valence-corrected chi connectivity index (χ2v) is 4.40. The molecular formula is C13H20N2. The van der Waals surface area contributed by atoms with Gasteiger partial charge in [0.15, 0.2) is 0 Å². The quantitative estimate of drug-likeness (QED) is 0.726. The van der Waals surface area contributed by atoms with E-state index < -0.39 is 0 Å². The van der Waals surface area contributed by atoms with Crippen molar-refractivity contribution in [2.24, 2.45) is 0 Å². The summed E-state index contributed by atoms with van der Waals surface area (Å²) in [6.07, 6.45) is 6.40. The van der Waals surface area contributed by atoms with Gasteiger partial charge in [-0.05, 0) is 37.4 Å². The van der Waals surface area contributed by atoms with Gasteiger partial charge in [0, 0.05) is 11.7 Å². The molecular weight excluding hydrogens is 184 g/mol. The molecule has 0 saturated carbocycles. The third kappa shape index (κ3) is 2.96. The van der Waals surface area contributed by atoms with Crippen molar-refractivity contribution in [2.45, 2.75) is 38.1 Å². The first-order chi connectivity index (χ1) is 7.36. The van der Waals surface area contributed by atoms with Gasteiger partial charge in [-0.2, -0.15) is 0 Å². The summed E-state index contributed by atoms with van der Waals surface area (Å²) in [5.41, 5.74) is 8.17. The van der Waals surface area contributed by atoms with Gasteiger partial charge in [0.25, 0.3) is 0 Å². The Bertz CT molecular complexity index is 301. The van der Waals surface area contributed by atoms with Crippen LogP contribution in [0.4, 0.5) is 5.69 Å². The Morgan fingerprint density at radius 1 is 1.20 bits per heavy atom. The van der Waals surface area contributed by atoms with Crippen LogP contribution in [-0.4, -0.2) is 12.6 Å². The van der Waals surface area contributed by atoms with Crippen molar-refractivity contribution >= 4 is 5.69 Å². The average Bonchev–Trinajstić information content (AvgIpc) is 2.50. The Labute approximate surface area is 91.9 Å². The van der Waals surface area contributed by atoms with Crippen LogP contribution < -0.4 is 11.1 Å². The van der Waals surface area contributed by atoms with E-state index in [0.29, 0.717) is 6.04 Å². The molecule has 0 aliphatic carbocycles. The number of benzene rings is 1. The molecule has 1 aliphatic rings. The van der Waals surface area contributed by atoms with E-state index in [2.05, 4.69) is 17.4 Å². The Balaban J connectivity index is 1.98. The zero-order valence-electron chi connectivity index (χ0n) is 9.21. The van der Waals surface area contributed by atoms with Crippen LogP contribution in [0.2, 0.25) is 0 Å². The SMILES string of the molecule is Nc1ccccc1CC1CCCCCN1.